The summed E-state index contributed by atoms with van der Waals surface area (Å²) in [7, 11) is 0. The molecule has 4 heteroatoms. The molecule has 27 heavy (non-hydrogen) atoms. The Balaban J connectivity index is 1.41. The van der Waals surface area contributed by atoms with Crippen LogP contribution in [0.4, 0.5) is 0 Å². The molecule has 2 aliphatic rings. The van der Waals surface area contributed by atoms with Gasteiger partial charge in [0.05, 0.1) is 11.1 Å². The van der Waals surface area contributed by atoms with E-state index in [1.165, 1.54) is 28.9 Å². The first-order valence-electron chi connectivity index (χ1n) is 9.82. The number of carbonyl (C=O) groups is 2. The Morgan fingerprint density at radius 1 is 0.963 bits per heavy atom. The zero-order valence-corrected chi connectivity index (χ0v) is 16.0. The summed E-state index contributed by atoms with van der Waals surface area (Å²) in [5.74, 6) is 0.215. The Bertz CT molecular complexity index is 818. The Morgan fingerprint density at radius 2 is 1.56 bits per heavy atom. The number of rotatable bonds is 7. The molecule has 140 valence electrons. The maximum Gasteiger partial charge on any atom is 0.261 e. The van der Waals surface area contributed by atoms with Crippen LogP contribution >= 0.6 is 0 Å². The van der Waals surface area contributed by atoms with Crippen LogP contribution in [0.1, 0.15) is 64.4 Å². The van der Waals surface area contributed by atoms with E-state index in [9.17, 15) is 9.59 Å². The standard InChI is InChI=1S/C23H26N2O2/c1-16(2)18-9-7-17(8-10-18)15-24(19-11-12-19)13-14-25-22(26)20-5-3-4-6-21(20)23(25)27/h3-10,16,19H,11-15H2,1-2H3. The normalized spacial score (nSPS) is 16.5. The van der Waals surface area contributed by atoms with Gasteiger partial charge in [0, 0.05) is 25.7 Å². The Labute approximate surface area is 160 Å². The summed E-state index contributed by atoms with van der Waals surface area (Å²) in [6.45, 7) is 6.45. The molecule has 0 aromatic heterocycles. The van der Waals surface area contributed by atoms with E-state index in [-0.39, 0.29) is 11.8 Å². The van der Waals surface area contributed by atoms with Gasteiger partial charge >= 0.3 is 0 Å². The molecule has 1 aliphatic carbocycles. The first-order valence-corrected chi connectivity index (χ1v) is 9.82. The number of fused-ring (bicyclic) bond motifs is 1. The van der Waals surface area contributed by atoms with E-state index in [4.69, 9.17) is 0 Å². The molecule has 2 aromatic rings. The lowest BCUT2D eigenvalue weighted by atomic mass is 10.0. The molecular formula is C23H26N2O2. The lowest BCUT2D eigenvalue weighted by Crippen LogP contribution is -2.39. The van der Waals surface area contributed by atoms with Crippen molar-refractivity contribution < 1.29 is 9.59 Å². The van der Waals surface area contributed by atoms with Gasteiger partial charge in [-0.2, -0.15) is 0 Å². The number of imide groups is 1. The van der Waals surface area contributed by atoms with E-state index < -0.39 is 0 Å². The van der Waals surface area contributed by atoms with Gasteiger partial charge in [-0.1, -0.05) is 50.2 Å². The van der Waals surface area contributed by atoms with Gasteiger partial charge in [0.15, 0.2) is 0 Å². The zero-order chi connectivity index (χ0) is 19.0. The second-order valence-corrected chi connectivity index (χ2v) is 7.91. The molecule has 0 saturated heterocycles. The SMILES string of the molecule is CC(C)c1ccc(CN(CCN2C(=O)c3ccccc3C2=O)C2CC2)cc1. The molecule has 0 spiro atoms. The van der Waals surface area contributed by atoms with Gasteiger partial charge < -0.3 is 0 Å². The van der Waals surface area contributed by atoms with E-state index >= 15 is 0 Å². The highest BCUT2D eigenvalue weighted by Gasteiger charge is 2.36. The van der Waals surface area contributed by atoms with Gasteiger partial charge in [-0.25, -0.2) is 0 Å². The Kier molecular flexibility index (Phi) is 4.83. The molecule has 0 N–H and O–H groups in total. The van der Waals surface area contributed by atoms with Crippen molar-refractivity contribution in [3.05, 3.63) is 70.8 Å². The number of amides is 2. The largest absolute Gasteiger partial charge is 0.294 e. The fourth-order valence-electron chi connectivity index (χ4n) is 3.74. The smallest absolute Gasteiger partial charge is 0.261 e. The maximum absolute atomic E-state index is 12.6. The van der Waals surface area contributed by atoms with Gasteiger partial charge in [-0.05, 0) is 42.0 Å². The van der Waals surface area contributed by atoms with Crippen LogP contribution in [0.3, 0.4) is 0 Å². The summed E-state index contributed by atoms with van der Waals surface area (Å²) >= 11 is 0. The molecule has 4 rings (SSSR count). The summed E-state index contributed by atoms with van der Waals surface area (Å²) in [6, 6.07) is 16.5. The van der Waals surface area contributed by atoms with Gasteiger partial charge in [-0.3, -0.25) is 19.4 Å². The van der Waals surface area contributed by atoms with Gasteiger partial charge in [0.25, 0.3) is 11.8 Å². The summed E-state index contributed by atoms with van der Waals surface area (Å²) in [5.41, 5.74) is 3.70. The molecule has 1 fully saturated rings. The second-order valence-electron chi connectivity index (χ2n) is 7.91. The third kappa shape index (κ3) is 3.67. The number of carbonyl (C=O) groups excluding carboxylic acids is 2. The minimum absolute atomic E-state index is 0.160. The van der Waals surface area contributed by atoms with E-state index in [1.807, 2.05) is 12.1 Å². The van der Waals surface area contributed by atoms with Gasteiger partial charge in [0.1, 0.15) is 0 Å². The molecule has 2 aromatic carbocycles. The molecule has 4 nitrogen and oxygen atoms in total. The molecule has 2 amide bonds. The average Bonchev–Trinajstić information content (AvgIpc) is 3.49. The highest BCUT2D eigenvalue weighted by atomic mass is 16.2. The summed E-state index contributed by atoms with van der Waals surface area (Å²) in [4.78, 5) is 28.9. The molecule has 1 aliphatic heterocycles. The van der Waals surface area contributed by atoms with Crippen LogP contribution in [-0.2, 0) is 6.54 Å². The van der Waals surface area contributed by atoms with Crippen molar-refractivity contribution in [1.29, 1.82) is 0 Å². The maximum atomic E-state index is 12.6. The molecule has 0 atom stereocenters. The van der Waals surface area contributed by atoms with Crippen LogP contribution in [0.2, 0.25) is 0 Å². The van der Waals surface area contributed by atoms with Crippen molar-refractivity contribution in [2.45, 2.75) is 45.2 Å². The van der Waals surface area contributed by atoms with Crippen LogP contribution < -0.4 is 0 Å². The number of nitrogens with zero attached hydrogens (tertiary/aromatic N) is 2. The lowest BCUT2D eigenvalue weighted by molar-refractivity contribution is 0.0632. The average molecular weight is 362 g/mol. The van der Waals surface area contributed by atoms with Crippen molar-refractivity contribution in [2.24, 2.45) is 0 Å². The van der Waals surface area contributed by atoms with Crippen molar-refractivity contribution in [1.82, 2.24) is 9.80 Å². The number of hydrogen-bond donors (Lipinski definition) is 0. The first-order chi connectivity index (χ1) is 13.0. The van der Waals surface area contributed by atoms with Crippen LogP contribution in [0.15, 0.2) is 48.5 Å². The van der Waals surface area contributed by atoms with Crippen LogP contribution in [0.25, 0.3) is 0 Å². The van der Waals surface area contributed by atoms with E-state index in [1.54, 1.807) is 12.1 Å². The Morgan fingerprint density at radius 3 is 2.07 bits per heavy atom. The third-order valence-corrected chi connectivity index (χ3v) is 5.58. The van der Waals surface area contributed by atoms with Crippen molar-refractivity contribution >= 4 is 11.8 Å². The molecule has 1 saturated carbocycles. The molecule has 0 unspecified atom stereocenters. The minimum atomic E-state index is -0.160. The summed E-state index contributed by atoms with van der Waals surface area (Å²) in [5, 5.41) is 0. The van der Waals surface area contributed by atoms with Crippen LogP contribution in [0, 0.1) is 0 Å². The van der Waals surface area contributed by atoms with Crippen LogP contribution in [0.5, 0.6) is 0 Å². The van der Waals surface area contributed by atoms with Crippen LogP contribution in [-0.4, -0.2) is 40.7 Å². The summed E-state index contributed by atoms with van der Waals surface area (Å²) < 4.78 is 0. The Hall–Kier alpha value is -2.46. The second kappa shape index (κ2) is 7.28. The van der Waals surface area contributed by atoms with Crippen molar-refractivity contribution in [2.75, 3.05) is 13.1 Å². The van der Waals surface area contributed by atoms with E-state index in [0.29, 0.717) is 29.6 Å². The third-order valence-electron chi connectivity index (χ3n) is 5.58. The zero-order valence-electron chi connectivity index (χ0n) is 16.0. The summed E-state index contributed by atoms with van der Waals surface area (Å²) in [6.07, 6.45) is 2.40. The fraction of sp³-hybridized carbons (Fsp3) is 0.391. The van der Waals surface area contributed by atoms with E-state index in [0.717, 1.165) is 13.1 Å². The van der Waals surface area contributed by atoms with Gasteiger partial charge in [-0.15, -0.1) is 0 Å². The molecule has 0 bridgehead atoms. The quantitative estimate of drug-likeness (QED) is 0.697. The lowest BCUT2D eigenvalue weighted by Gasteiger charge is -2.25. The highest BCUT2D eigenvalue weighted by Crippen LogP contribution is 2.29. The molecule has 1 heterocycles. The predicted molar refractivity (Wildman–Crippen MR) is 106 cm³/mol. The number of benzene rings is 2. The first kappa shape index (κ1) is 17.9. The fourth-order valence-corrected chi connectivity index (χ4v) is 3.74. The molecular weight excluding hydrogens is 336 g/mol. The van der Waals surface area contributed by atoms with Crippen molar-refractivity contribution in [3.8, 4) is 0 Å². The topological polar surface area (TPSA) is 40.6 Å². The molecule has 0 radical (unpaired) electrons. The van der Waals surface area contributed by atoms with Crippen molar-refractivity contribution in [3.63, 3.8) is 0 Å². The predicted octanol–water partition coefficient (Wildman–Crippen LogP) is 4.07. The monoisotopic (exact) mass is 362 g/mol. The van der Waals surface area contributed by atoms with Gasteiger partial charge in [0.2, 0.25) is 0 Å². The van der Waals surface area contributed by atoms with E-state index in [2.05, 4.69) is 43.0 Å². The highest BCUT2D eigenvalue weighted by molar-refractivity contribution is 6.21. The number of hydrogen-bond acceptors (Lipinski definition) is 3. The minimum Gasteiger partial charge on any atom is -0.294 e.